The highest BCUT2D eigenvalue weighted by atomic mass is 35.5. The van der Waals surface area contributed by atoms with Crippen LogP contribution in [0, 0.1) is 0 Å². The van der Waals surface area contributed by atoms with Crippen LogP contribution < -0.4 is 10.1 Å². The number of hydrogen-bond acceptors (Lipinski definition) is 2. The summed E-state index contributed by atoms with van der Waals surface area (Å²) in [6.45, 7) is 0. The third-order valence-corrected chi connectivity index (χ3v) is 5.13. The molecule has 1 aromatic heterocycles. The summed E-state index contributed by atoms with van der Waals surface area (Å²) in [7, 11) is 0. The molecule has 0 aliphatic rings. The van der Waals surface area contributed by atoms with Gasteiger partial charge in [0.2, 0.25) is 0 Å². The van der Waals surface area contributed by atoms with Crippen molar-refractivity contribution < 1.29 is 4.79 Å². The zero-order valence-corrected chi connectivity index (χ0v) is 16.6. The Morgan fingerprint density at radius 2 is 1.45 bits per heavy atom. The number of benzene rings is 3. The molecule has 4 aromatic rings. The van der Waals surface area contributed by atoms with Crippen molar-refractivity contribution in [3.63, 3.8) is 0 Å². The van der Waals surface area contributed by atoms with Gasteiger partial charge in [-0.25, -0.2) is 18.6 Å². The molecule has 3 aromatic carbocycles. The van der Waals surface area contributed by atoms with E-state index in [2.05, 4.69) is 4.98 Å². The van der Waals surface area contributed by atoms with Crippen LogP contribution in [0.2, 0.25) is 5.02 Å². The number of nitrogens with zero attached hydrogens (tertiary/aromatic N) is 2. The highest BCUT2D eigenvalue weighted by Gasteiger charge is 2.24. The summed E-state index contributed by atoms with van der Waals surface area (Å²) in [6, 6.07) is 21.8. The molecule has 0 atom stereocenters. The molecule has 4 rings (SSSR count). The van der Waals surface area contributed by atoms with Crippen molar-refractivity contribution >= 4 is 35.1 Å². The molecule has 1 amide bonds. The molecule has 0 radical (unpaired) electrons. The molecule has 0 saturated heterocycles. The Bertz CT molecular complexity index is 1220. The molecule has 7 heteroatoms. The van der Waals surface area contributed by atoms with Crippen LogP contribution in [0.25, 0.3) is 22.3 Å². The number of aromatic nitrogens is 2. The van der Waals surface area contributed by atoms with Gasteiger partial charge in [-0.05, 0) is 23.3 Å². The number of carbonyl (C=O) groups is 1. The molecule has 0 unspecified atom stereocenters. The standard InChI is InChI=1S/C22H15Cl2N3O2/c23-17-11-12-18(27(24)22(29)26-14-13-25-21(26)28)20(16-9-5-2-6-10-16)19(17)15-7-3-1-4-8-15/h1-14H,(H,25,28). The number of nitrogens with one attached hydrogen (secondary N) is 1. The number of imidazole rings is 1. The highest BCUT2D eigenvalue weighted by Crippen LogP contribution is 2.44. The second-order valence-corrected chi connectivity index (χ2v) is 6.99. The molecular weight excluding hydrogens is 409 g/mol. The molecule has 0 fully saturated rings. The third-order valence-electron chi connectivity index (χ3n) is 4.49. The minimum Gasteiger partial charge on any atom is -0.312 e. The Kier molecular flexibility index (Phi) is 5.25. The minimum absolute atomic E-state index is 0.416. The average molecular weight is 424 g/mol. The molecule has 29 heavy (non-hydrogen) atoms. The van der Waals surface area contributed by atoms with Gasteiger partial charge in [-0.1, -0.05) is 72.3 Å². The molecule has 0 aliphatic carbocycles. The van der Waals surface area contributed by atoms with E-state index < -0.39 is 11.7 Å². The van der Waals surface area contributed by atoms with Gasteiger partial charge in [0.25, 0.3) is 0 Å². The summed E-state index contributed by atoms with van der Waals surface area (Å²) >= 11 is 13.0. The first kappa shape index (κ1) is 19.1. The second-order valence-electron chi connectivity index (χ2n) is 6.25. The van der Waals surface area contributed by atoms with Gasteiger partial charge in [0, 0.05) is 40.3 Å². The molecular formula is C22H15Cl2N3O2. The van der Waals surface area contributed by atoms with Gasteiger partial charge < -0.3 is 4.98 Å². The number of aromatic amines is 1. The topological polar surface area (TPSA) is 58.1 Å². The van der Waals surface area contributed by atoms with Gasteiger partial charge in [-0.2, -0.15) is 0 Å². The van der Waals surface area contributed by atoms with Gasteiger partial charge in [0.05, 0.1) is 5.69 Å². The Balaban J connectivity index is 1.96. The van der Waals surface area contributed by atoms with Crippen molar-refractivity contribution in [2.24, 2.45) is 0 Å². The molecule has 5 nitrogen and oxygen atoms in total. The van der Waals surface area contributed by atoms with E-state index >= 15 is 0 Å². The van der Waals surface area contributed by atoms with Crippen LogP contribution in [0.5, 0.6) is 0 Å². The lowest BCUT2D eigenvalue weighted by Gasteiger charge is -2.22. The van der Waals surface area contributed by atoms with Crippen molar-refractivity contribution in [3.05, 3.63) is 101 Å². The Morgan fingerprint density at radius 3 is 2.00 bits per heavy atom. The van der Waals surface area contributed by atoms with E-state index in [4.69, 9.17) is 23.4 Å². The first-order chi connectivity index (χ1) is 14.1. The Morgan fingerprint density at radius 1 is 0.862 bits per heavy atom. The number of hydrogen-bond donors (Lipinski definition) is 1. The molecule has 1 N–H and O–H groups in total. The minimum atomic E-state index is -0.698. The van der Waals surface area contributed by atoms with Crippen molar-refractivity contribution in [2.75, 3.05) is 4.42 Å². The quantitative estimate of drug-likeness (QED) is 0.423. The zero-order valence-electron chi connectivity index (χ0n) is 15.0. The van der Waals surface area contributed by atoms with Crippen LogP contribution in [0.3, 0.4) is 0 Å². The number of anilines is 1. The maximum atomic E-state index is 12.8. The zero-order chi connectivity index (χ0) is 20.4. The second kappa shape index (κ2) is 7.99. The van der Waals surface area contributed by atoms with Crippen LogP contribution in [-0.2, 0) is 0 Å². The largest absolute Gasteiger partial charge is 0.351 e. The maximum absolute atomic E-state index is 12.8. The summed E-state index contributed by atoms with van der Waals surface area (Å²) < 4.78 is 1.83. The van der Waals surface area contributed by atoms with Gasteiger partial charge in [0.15, 0.2) is 0 Å². The van der Waals surface area contributed by atoms with E-state index in [0.717, 1.165) is 25.7 Å². The molecule has 0 bridgehead atoms. The fourth-order valence-corrected chi connectivity index (χ4v) is 3.67. The first-order valence-corrected chi connectivity index (χ1v) is 9.49. The number of H-pyrrole nitrogens is 1. The van der Waals surface area contributed by atoms with Crippen molar-refractivity contribution in [1.82, 2.24) is 9.55 Å². The average Bonchev–Trinajstić information content (AvgIpc) is 3.19. The van der Waals surface area contributed by atoms with Crippen LogP contribution >= 0.6 is 23.4 Å². The van der Waals surface area contributed by atoms with Crippen LogP contribution in [-0.4, -0.2) is 15.6 Å². The van der Waals surface area contributed by atoms with Gasteiger partial charge in [-0.15, -0.1) is 0 Å². The summed E-state index contributed by atoms with van der Waals surface area (Å²) in [5.41, 5.74) is 3.00. The molecule has 0 aliphatic heterocycles. The smallest absolute Gasteiger partial charge is 0.312 e. The fourth-order valence-electron chi connectivity index (χ4n) is 3.18. The van der Waals surface area contributed by atoms with Crippen LogP contribution in [0.4, 0.5) is 10.5 Å². The molecule has 144 valence electrons. The van der Waals surface area contributed by atoms with Crippen molar-refractivity contribution in [1.29, 1.82) is 0 Å². The van der Waals surface area contributed by atoms with Gasteiger partial charge in [-0.3, -0.25) is 0 Å². The lowest BCUT2D eigenvalue weighted by molar-refractivity contribution is 0.250. The summed E-state index contributed by atoms with van der Waals surface area (Å²) in [5.74, 6) is 0. The number of amides is 1. The number of halogens is 2. The van der Waals surface area contributed by atoms with Crippen molar-refractivity contribution in [2.45, 2.75) is 0 Å². The lowest BCUT2D eigenvalue weighted by Crippen LogP contribution is -2.33. The fraction of sp³-hybridized carbons (Fsp3) is 0. The van der Waals surface area contributed by atoms with E-state index in [0.29, 0.717) is 16.3 Å². The summed E-state index contributed by atoms with van der Waals surface area (Å²) in [6.07, 6.45) is 2.70. The van der Waals surface area contributed by atoms with E-state index in [1.807, 2.05) is 60.7 Å². The third kappa shape index (κ3) is 3.58. The Hall–Kier alpha value is -3.28. The predicted octanol–water partition coefficient (Wildman–Crippen LogP) is 5.79. The van der Waals surface area contributed by atoms with Gasteiger partial charge in [0.1, 0.15) is 0 Å². The SMILES string of the molecule is O=C(N(Cl)c1ccc(Cl)c(-c2ccccc2)c1-c1ccccc1)n1cc[nH]c1=O. The summed E-state index contributed by atoms with van der Waals surface area (Å²) in [4.78, 5) is 27.1. The van der Waals surface area contributed by atoms with Crippen molar-refractivity contribution in [3.8, 4) is 22.3 Å². The van der Waals surface area contributed by atoms with Crippen LogP contribution in [0.1, 0.15) is 0 Å². The highest BCUT2D eigenvalue weighted by molar-refractivity contribution is 6.39. The van der Waals surface area contributed by atoms with E-state index in [1.54, 1.807) is 12.1 Å². The molecule has 1 heterocycles. The predicted molar refractivity (Wildman–Crippen MR) is 117 cm³/mol. The van der Waals surface area contributed by atoms with Gasteiger partial charge >= 0.3 is 11.7 Å². The molecule has 0 saturated carbocycles. The maximum Gasteiger partial charge on any atom is 0.351 e. The lowest BCUT2D eigenvalue weighted by atomic mass is 9.93. The van der Waals surface area contributed by atoms with E-state index in [-0.39, 0.29) is 0 Å². The van der Waals surface area contributed by atoms with Crippen LogP contribution in [0.15, 0.2) is 90.0 Å². The first-order valence-electron chi connectivity index (χ1n) is 8.77. The normalized spacial score (nSPS) is 10.7. The number of carbonyl (C=O) groups excluding carboxylic acids is 1. The summed E-state index contributed by atoms with van der Waals surface area (Å²) in [5, 5.41) is 0.523. The molecule has 0 spiro atoms. The number of rotatable bonds is 3. The van der Waals surface area contributed by atoms with E-state index in [1.165, 1.54) is 12.4 Å². The Labute approximate surface area is 176 Å². The monoisotopic (exact) mass is 423 g/mol. The van der Waals surface area contributed by atoms with E-state index in [9.17, 15) is 9.59 Å².